The molecule has 0 saturated carbocycles. The van der Waals surface area contributed by atoms with E-state index in [-0.39, 0.29) is 17.5 Å². The molecular weight excluding hydrogens is 320 g/mol. The van der Waals surface area contributed by atoms with Crippen molar-refractivity contribution in [2.75, 3.05) is 26.9 Å². The lowest BCUT2D eigenvalue weighted by atomic mass is 9.84. The van der Waals surface area contributed by atoms with E-state index < -0.39 is 0 Å². The number of ether oxygens (including phenoxy) is 4. The summed E-state index contributed by atoms with van der Waals surface area (Å²) in [5.74, 6) is 1.25. The summed E-state index contributed by atoms with van der Waals surface area (Å²) in [5.41, 5.74) is 1.41. The highest BCUT2D eigenvalue weighted by Gasteiger charge is 2.24. The zero-order valence-electron chi connectivity index (χ0n) is 16.0. The van der Waals surface area contributed by atoms with Crippen LogP contribution in [0, 0.1) is 0 Å². The smallest absolute Gasteiger partial charge is 0.164 e. The monoisotopic (exact) mass is 350 g/mol. The van der Waals surface area contributed by atoms with Crippen LogP contribution < -0.4 is 9.47 Å². The SMILES string of the molecule is COc1c(OCCOC2CCCCO2)cc(C(C)=O)cc1C(C)(C)C. The molecule has 0 N–H and O–H groups in total. The Morgan fingerprint density at radius 3 is 2.56 bits per heavy atom. The van der Waals surface area contributed by atoms with Crippen LogP contribution in [0.1, 0.15) is 62.9 Å². The van der Waals surface area contributed by atoms with Crippen LogP contribution in [0.5, 0.6) is 11.5 Å². The molecule has 5 heteroatoms. The number of ketones is 1. The van der Waals surface area contributed by atoms with Gasteiger partial charge in [-0.1, -0.05) is 20.8 Å². The van der Waals surface area contributed by atoms with Crippen molar-refractivity contribution >= 4 is 5.78 Å². The summed E-state index contributed by atoms with van der Waals surface area (Å²) in [6.45, 7) is 9.38. The van der Waals surface area contributed by atoms with Crippen LogP contribution in [-0.2, 0) is 14.9 Å². The Morgan fingerprint density at radius 1 is 1.24 bits per heavy atom. The van der Waals surface area contributed by atoms with E-state index in [1.165, 1.54) is 0 Å². The minimum absolute atomic E-state index is 0.00450. The summed E-state index contributed by atoms with van der Waals surface area (Å²) in [4.78, 5) is 11.9. The van der Waals surface area contributed by atoms with Crippen molar-refractivity contribution in [3.8, 4) is 11.5 Å². The van der Waals surface area contributed by atoms with Crippen LogP contribution in [0.2, 0.25) is 0 Å². The molecule has 0 bridgehead atoms. The summed E-state index contributed by atoms with van der Waals surface area (Å²) >= 11 is 0. The van der Waals surface area contributed by atoms with Crippen LogP contribution in [0.3, 0.4) is 0 Å². The molecular formula is C20H30O5. The highest BCUT2D eigenvalue weighted by atomic mass is 16.7. The first kappa shape index (κ1) is 19.7. The third kappa shape index (κ3) is 5.44. The fourth-order valence-corrected chi connectivity index (χ4v) is 2.85. The highest BCUT2D eigenvalue weighted by molar-refractivity contribution is 5.95. The van der Waals surface area contributed by atoms with E-state index in [1.54, 1.807) is 20.1 Å². The average Bonchev–Trinajstić information content (AvgIpc) is 2.58. The minimum Gasteiger partial charge on any atom is -0.493 e. The molecule has 1 aromatic rings. The maximum atomic E-state index is 11.9. The summed E-state index contributed by atoms with van der Waals surface area (Å²) in [7, 11) is 1.62. The molecule has 1 aliphatic heterocycles. The van der Waals surface area contributed by atoms with E-state index >= 15 is 0 Å². The summed E-state index contributed by atoms with van der Waals surface area (Å²) in [6.07, 6.45) is 3.03. The van der Waals surface area contributed by atoms with Gasteiger partial charge in [0.2, 0.25) is 0 Å². The Labute approximate surface area is 150 Å². The van der Waals surface area contributed by atoms with E-state index in [2.05, 4.69) is 20.8 Å². The van der Waals surface area contributed by atoms with Crippen molar-refractivity contribution in [3.05, 3.63) is 23.3 Å². The number of carbonyl (C=O) groups is 1. The second-order valence-corrected chi connectivity index (χ2v) is 7.38. The van der Waals surface area contributed by atoms with Crippen molar-refractivity contribution < 1.29 is 23.7 Å². The van der Waals surface area contributed by atoms with Crippen LogP contribution in [0.15, 0.2) is 12.1 Å². The third-order valence-electron chi connectivity index (χ3n) is 4.26. The number of benzene rings is 1. The predicted octanol–water partition coefficient (Wildman–Crippen LogP) is 4.12. The second kappa shape index (κ2) is 8.68. The lowest BCUT2D eigenvalue weighted by Gasteiger charge is -2.25. The van der Waals surface area contributed by atoms with Gasteiger partial charge in [-0.25, -0.2) is 0 Å². The molecule has 1 aliphatic rings. The lowest BCUT2D eigenvalue weighted by Crippen LogP contribution is -2.24. The topological polar surface area (TPSA) is 54.0 Å². The van der Waals surface area contributed by atoms with E-state index in [0.29, 0.717) is 30.3 Å². The zero-order valence-corrected chi connectivity index (χ0v) is 16.0. The Balaban J connectivity index is 2.09. The molecule has 5 nitrogen and oxygen atoms in total. The number of Topliss-reactive ketones (excluding diaryl/α,β-unsaturated/α-hetero) is 1. The van der Waals surface area contributed by atoms with Crippen molar-refractivity contribution in [3.63, 3.8) is 0 Å². The van der Waals surface area contributed by atoms with E-state index in [0.717, 1.165) is 31.4 Å². The molecule has 25 heavy (non-hydrogen) atoms. The molecule has 0 spiro atoms. The molecule has 0 radical (unpaired) electrons. The van der Waals surface area contributed by atoms with Crippen LogP contribution >= 0.6 is 0 Å². The van der Waals surface area contributed by atoms with Gasteiger partial charge in [-0.05, 0) is 43.7 Å². The highest BCUT2D eigenvalue weighted by Crippen LogP contribution is 2.39. The fraction of sp³-hybridized carbons (Fsp3) is 0.650. The van der Waals surface area contributed by atoms with Crippen molar-refractivity contribution in [2.24, 2.45) is 0 Å². The van der Waals surface area contributed by atoms with E-state index in [9.17, 15) is 4.79 Å². The first-order valence-corrected chi connectivity index (χ1v) is 8.92. The molecule has 1 aromatic carbocycles. The Kier molecular flexibility index (Phi) is 6.85. The molecule has 0 amide bonds. The average molecular weight is 350 g/mol. The van der Waals surface area contributed by atoms with Crippen molar-refractivity contribution in [1.29, 1.82) is 0 Å². The van der Waals surface area contributed by atoms with Gasteiger partial charge in [0.15, 0.2) is 23.6 Å². The molecule has 1 atom stereocenters. The van der Waals surface area contributed by atoms with Gasteiger partial charge in [0.05, 0.1) is 13.7 Å². The Bertz CT molecular complexity index is 582. The van der Waals surface area contributed by atoms with Gasteiger partial charge in [0.25, 0.3) is 0 Å². The molecule has 1 heterocycles. The Hall–Kier alpha value is -1.59. The molecule has 1 saturated heterocycles. The van der Waals surface area contributed by atoms with E-state index in [1.807, 2.05) is 6.07 Å². The maximum Gasteiger partial charge on any atom is 0.164 e. The number of hydrogen-bond donors (Lipinski definition) is 0. The predicted molar refractivity (Wildman–Crippen MR) is 96.7 cm³/mol. The van der Waals surface area contributed by atoms with Crippen molar-refractivity contribution in [1.82, 2.24) is 0 Å². The summed E-state index contributed by atoms with van der Waals surface area (Å²) in [5, 5.41) is 0. The number of carbonyl (C=O) groups excluding carboxylic acids is 1. The molecule has 1 fully saturated rings. The lowest BCUT2D eigenvalue weighted by molar-refractivity contribution is -0.165. The van der Waals surface area contributed by atoms with Crippen molar-refractivity contribution in [2.45, 2.75) is 58.7 Å². The van der Waals surface area contributed by atoms with Gasteiger partial charge in [0.1, 0.15) is 6.61 Å². The first-order chi connectivity index (χ1) is 11.8. The summed E-state index contributed by atoms with van der Waals surface area (Å²) in [6, 6.07) is 3.63. The molecule has 2 rings (SSSR count). The normalized spacial score (nSPS) is 18.0. The molecule has 0 aromatic heterocycles. The van der Waals surface area contributed by atoms with Crippen LogP contribution in [0.4, 0.5) is 0 Å². The van der Waals surface area contributed by atoms with Gasteiger partial charge >= 0.3 is 0 Å². The maximum absolute atomic E-state index is 11.9. The van der Waals surface area contributed by atoms with Gasteiger partial charge in [-0.2, -0.15) is 0 Å². The van der Waals surface area contributed by atoms with Gasteiger partial charge in [-0.15, -0.1) is 0 Å². The first-order valence-electron chi connectivity index (χ1n) is 8.92. The van der Waals surface area contributed by atoms with Crippen LogP contribution in [0.25, 0.3) is 0 Å². The van der Waals surface area contributed by atoms with Gasteiger partial charge in [0, 0.05) is 17.7 Å². The third-order valence-corrected chi connectivity index (χ3v) is 4.26. The quantitative estimate of drug-likeness (QED) is 0.547. The van der Waals surface area contributed by atoms with E-state index in [4.69, 9.17) is 18.9 Å². The number of methoxy groups -OCH3 is 1. The Morgan fingerprint density at radius 2 is 2.00 bits per heavy atom. The fourth-order valence-electron chi connectivity index (χ4n) is 2.85. The number of hydrogen-bond acceptors (Lipinski definition) is 5. The van der Waals surface area contributed by atoms with Gasteiger partial charge < -0.3 is 18.9 Å². The standard InChI is InChI=1S/C20H30O5/c1-14(21)15-12-16(20(2,3)4)19(22-5)17(13-15)23-10-11-25-18-8-6-7-9-24-18/h12-13,18H,6-11H2,1-5H3. The molecule has 0 aliphatic carbocycles. The molecule has 140 valence electrons. The summed E-state index contributed by atoms with van der Waals surface area (Å²) < 4.78 is 22.7. The zero-order chi connectivity index (χ0) is 18.4. The molecule has 1 unspecified atom stereocenters. The largest absolute Gasteiger partial charge is 0.493 e. The van der Waals surface area contributed by atoms with Crippen LogP contribution in [-0.4, -0.2) is 39.0 Å². The number of rotatable bonds is 7. The van der Waals surface area contributed by atoms with Gasteiger partial charge in [-0.3, -0.25) is 4.79 Å². The second-order valence-electron chi connectivity index (χ2n) is 7.38. The minimum atomic E-state index is -0.165.